The van der Waals surface area contributed by atoms with Gasteiger partial charge in [-0.3, -0.25) is 5.10 Å². The van der Waals surface area contributed by atoms with Crippen LogP contribution in [-0.2, 0) is 6.42 Å². The SMILES string of the molecule is CCCc1c(N)n[nH]c1-c1ccsc1Br. The molecule has 0 aromatic carbocycles. The Morgan fingerprint density at radius 3 is 3.00 bits per heavy atom. The van der Waals surface area contributed by atoms with E-state index < -0.39 is 0 Å². The van der Waals surface area contributed by atoms with Gasteiger partial charge in [-0.1, -0.05) is 13.3 Å². The zero-order valence-corrected chi connectivity index (χ0v) is 10.8. The molecule has 2 aromatic rings. The first-order chi connectivity index (χ1) is 7.24. The summed E-state index contributed by atoms with van der Waals surface area (Å²) in [5.41, 5.74) is 9.14. The maximum absolute atomic E-state index is 5.83. The smallest absolute Gasteiger partial charge is 0.149 e. The van der Waals surface area contributed by atoms with Gasteiger partial charge in [0.15, 0.2) is 0 Å². The van der Waals surface area contributed by atoms with Crippen LogP contribution in [0.25, 0.3) is 11.3 Å². The number of nitrogens with zero attached hydrogens (tertiary/aromatic N) is 1. The van der Waals surface area contributed by atoms with E-state index in [-0.39, 0.29) is 0 Å². The number of nitrogens with two attached hydrogens (primary N) is 1. The average Bonchev–Trinajstić information content (AvgIpc) is 2.76. The molecule has 0 fully saturated rings. The van der Waals surface area contributed by atoms with Crippen LogP contribution in [0.2, 0.25) is 0 Å². The molecule has 5 heteroatoms. The number of rotatable bonds is 3. The van der Waals surface area contributed by atoms with E-state index in [2.05, 4.69) is 39.1 Å². The third-order valence-corrected chi connectivity index (χ3v) is 3.97. The van der Waals surface area contributed by atoms with E-state index in [4.69, 9.17) is 5.73 Å². The maximum Gasteiger partial charge on any atom is 0.149 e. The van der Waals surface area contributed by atoms with Gasteiger partial charge in [-0.15, -0.1) is 11.3 Å². The number of thiophene rings is 1. The summed E-state index contributed by atoms with van der Waals surface area (Å²) in [6.45, 7) is 2.14. The summed E-state index contributed by atoms with van der Waals surface area (Å²) < 4.78 is 1.11. The highest BCUT2D eigenvalue weighted by molar-refractivity contribution is 9.11. The summed E-state index contributed by atoms with van der Waals surface area (Å²) in [6, 6.07) is 2.07. The normalized spacial score (nSPS) is 10.8. The fraction of sp³-hybridized carbons (Fsp3) is 0.300. The maximum atomic E-state index is 5.83. The Labute approximate surface area is 101 Å². The van der Waals surface area contributed by atoms with Crippen molar-refractivity contribution in [2.24, 2.45) is 0 Å². The molecule has 0 amide bonds. The third-order valence-electron chi connectivity index (χ3n) is 2.29. The monoisotopic (exact) mass is 285 g/mol. The largest absolute Gasteiger partial charge is 0.382 e. The third kappa shape index (κ3) is 1.94. The van der Waals surface area contributed by atoms with Gasteiger partial charge in [-0.2, -0.15) is 5.10 Å². The van der Waals surface area contributed by atoms with Gasteiger partial charge in [-0.05, 0) is 33.8 Å². The summed E-state index contributed by atoms with van der Waals surface area (Å²) in [4.78, 5) is 0. The van der Waals surface area contributed by atoms with Crippen LogP contribution < -0.4 is 5.73 Å². The summed E-state index contributed by atoms with van der Waals surface area (Å²) in [5.74, 6) is 0.616. The van der Waals surface area contributed by atoms with Crippen LogP contribution in [0.3, 0.4) is 0 Å². The number of nitrogens with one attached hydrogen (secondary N) is 1. The minimum Gasteiger partial charge on any atom is -0.382 e. The van der Waals surface area contributed by atoms with Gasteiger partial charge in [0, 0.05) is 11.1 Å². The molecule has 15 heavy (non-hydrogen) atoms. The predicted molar refractivity (Wildman–Crippen MR) is 68.0 cm³/mol. The zero-order chi connectivity index (χ0) is 10.8. The Morgan fingerprint density at radius 1 is 1.60 bits per heavy atom. The lowest BCUT2D eigenvalue weighted by Gasteiger charge is -2.01. The molecule has 2 aromatic heterocycles. The van der Waals surface area contributed by atoms with Gasteiger partial charge in [-0.25, -0.2) is 0 Å². The molecule has 0 unspecified atom stereocenters. The lowest BCUT2D eigenvalue weighted by Crippen LogP contribution is -1.92. The number of aromatic amines is 1. The molecule has 80 valence electrons. The first kappa shape index (κ1) is 10.7. The second-order valence-electron chi connectivity index (χ2n) is 3.32. The number of nitrogen functional groups attached to an aromatic ring is 1. The molecule has 0 aliphatic heterocycles. The summed E-state index contributed by atoms with van der Waals surface area (Å²) in [7, 11) is 0. The van der Waals surface area contributed by atoms with Crippen LogP contribution in [0.1, 0.15) is 18.9 Å². The van der Waals surface area contributed by atoms with Crippen molar-refractivity contribution >= 4 is 33.1 Å². The lowest BCUT2D eigenvalue weighted by molar-refractivity contribution is 0.927. The number of H-pyrrole nitrogens is 1. The van der Waals surface area contributed by atoms with Crippen LogP contribution in [0.5, 0.6) is 0 Å². The van der Waals surface area contributed by atoms with E-state index in [9.17, 15) is 0 Å². The van der Waals surface area contributed by atoms with Crippen molar-refractivity contribution in [2.75, 3.05) is 5.73 Å². The number of hydrogen-bond donors (Lipinski definition) is 2. The Kier molecular flexibility index (Phi) is 3.11. The second kappa shape index (κ2) is 4.37. The first-order valence-electron chi connectivity index (χ1n) is 4.80. The minimum atomic E-state index is 0.616. The van der Waals surface area contributed by atoms with E-state index in [1.807, 2.05) is 5.38 Å². The van der Waals surface area contributed by atoms with Crippen molar-refractivity contribution in [1.29, 1.82) is 0 Å². The van der Waals surface area contributed by atoms with Crippen LogP contribution in [0, 0.1) is 0 Å². The molecular weight excluding hydrogens is 274 g/mol. The van der Waals surface area contributed by atoms with E-state index in [1.54, 1.807) is 11.3 Å². The first-order valence-corrected chi connectivity index (χ1v) is 6.47. The van der Waals surface area contributed by atoms with Gasteiger partial charge in [0.2, 0.25) is 0 Å². The zero-order valence-electron chi connectivity index (χ0n) is 8.38. The van der Waals surface area contributed by atoms with Gasteiger partial charge in [0.25, 0.3) is 0 Å². The van der Waals surface area contributed by atoms with Gasteiger partial charge in [0.1, 0.15) is 5.82 Å². The molecule has 0 saturated carbocycles. The highest BCUT2D eigenvalue weighted by Crippen LogP contribution is 2.35. The van der Waals surface area contributed by atoms with Crippen molar-refractivity contribution in [1.82, 2.24) is 10.2 Å². The average molecular weight is 286 g/mol. The molecule has 3 N–H and O–H groups in total. The molecule has 0 bridgehead atoms. The van der Waals surface area contributed by atoms with Crippen LogP contribution >= 0.6 is 27.3 Å². The molecular formula is C10H12BrN3S. The standard InChI is InChI=1S/C10H12BrN3S/c1-2-3-7-8(13-14-10(7)12)6-4-5-15-9(6)11/h4-5H,2-3H2,1H3,(H3,12,13,14). The minimum absolute atomic E-state index is 0.616. The second-order valence-corrected chi connectivity index (χ2v) is 5.55. The summed E-state index contributed by atoms with van der Waals surface area (Å²) in [6.07, 6.45) is 2.03. The Hall–Kier alpha value is -0.810. The van der Waals surface area contributed by atoms with Crippen molar-refractivity contribution in [3.05, 3.63) is 20.8 Å². The van der Waals surface area contributed by atoms with Gasteiger partial charge >= 0.3 is 0 Å². The van der Waals surface area contributed by atoms with Crippen LogP contribution in [-0.4, -0.2) is 10.2 Å². The summed E-state index contributed by atoms with van der Waals surface area (Å²) >= 11 is 5.19. The molecule has 0 spiro atoms. The number of halogens is 1. The lowest BCUT2D eigenvalue weighted by atomic mass is 10.1. The molecule has 0 radical (unpaired) electrons. The predicted octanol–water partition coefficient (Wildman–Crippen LogP) is 3.44. The van der Waals surface area contributed by atoms with Gasteiger partial charge < -0.3 is 5.73 Å². The quantitative estimate of drug-likeness (QED) is 0.908. The fourth-order valence-electron chi connectivity index (χ4n) is 1.58. The Morgan fingerprint density at radius 2 is 2.40 bits per heavy atom. The van der Waals surface area contributed by atoms with E-state index in [1.165, 1.54) is 0 Å². The fourth-order valence-corrected chi connectivity index (χ4v) is 2.85. The molecule has 0 aliphatic rings. The Balaban J connectivity index is 2.49. The van der Waals surface area contributed by atoms with E-state index in [0.29, 0.717) is 5.82 Å². The highest BCUT2D eigenvalue weighted by Gasteiger charge is 2.14. The number of anilines is 1. The Bertz CT molecular complexity index is 461. The number of aromatic nitrogens is 2. The molecule has 2 rings (SSSR count). The van der Waals surface area contributed by atoms with E-state index in [0.717, 1.165) is 33.4 Å². The van der Waals surface area contributed by atoms with Crippen LogP contribution in [0.4, 0.5) is 5.82 Å². The van der Waals surface area contributed by atoms with Crippen molar-refractivity contribution in [3.63, 3.8) is 0 Å². The topological polar surface area (TPSA) is 54.7 Å². The van der Waals surface area contributed by atoms with Crippen LogP contribution in [0.15, 0.2) is 15.2 Å². The molecule has 3 nitrogen and oxygen atoms in total. The highest BCUT2D eigenvalue weighted by atomic mass is 79.9. The molecule has 2 heterocycles. The molecule has 0 atom stereocenters. The number of hydrogen-bond acceptors (Lipinski definition) is 3. The van der Waals surface area contributed by atoms with Crippen molar-refractivity contribution in [3.8, 4) is 11.3 Å². The molecule has 0 saturated heterocycles. The van der Waals surface area contributed by atoms with Gasteiger partial charge in [0.05, 0.1) is 9.48 Å². The van der Waals surface area contributed by atoms with Crippen molar-refractivity contribution in [2.45, 2.75) is 19.8 Å². The van der Waals surface area contributed by atoms with E-state index >= 15 is 0 Å². The molecule has 0 aliphatic carbocycles. The van der Waals surface area contributed by atoms with Crippen molar-refractivity contribution < 1.29 is 0 Å². The summed E-state index contributed by atoms with van der Waals surface area (Å²) in [5, 5.41) is 9.12.